The minimum absolute atomic E-state index is 0.0161. The van der Waals surface area contributed by atoms with Gasteiger partial charge >= 0.3 is 6.03 Å². The molecule has 42 heavy (non-hydrogen) atoms. The normalized spacial score (nSPS) is 42.7. The van der Waals surface area contributed by atoms with E-state index in [2.05, 4.69) is 10.6 Å². The van der Waals surface area contributed by atoms with Crippen molar-refractivity contribution in [2.24, 2.45) is 34.6 Å². The Balaban J connectivity index is 1.92. The third-order valence-corrected chi connectivity index (χ3v) is 8.31. The smallest absolute Gasteiger partial charge is 0.341 e. The quantitative estimate of drug-likeness (QED) is 0.0554. The summed E-state index contributed by atoms with van der Waals surface area (Å²) in [6.45, 7) is 0.137. The van der Waals surface area contributed by atoms with Gasteiger partial charge in [0.2, 0.25) is 0 Å². The van der Waals surface area contributed by atoms with Gasteiger partial charge in [-0.2, -0.15) is 0 Å². The number of carbonyl (C=O) groups is 1. The van der Waals surface area contributed by atoms with Crippen LogP contribution in [0.15, 0.2) is 0 Å². The molecule has 18 nitrogen and oxygen atoms in total. The number of aliphatic hydroxyl groups excluding tert-OH is 5. The Hall–Kier alpha value is -1.33. The van der Waals surface area contributed by atoms with Gasteiger partial charge < -0.3 is 79.0 Å². The number of urea groups is 1. The molecule has 246 valence electrons. The maximum absolute atomic E-state index is 12.7. The number of carbonyl (C=O) groups excluding carboxylic acids is 1. The highest BCUT2D eigenvalue weighted by atomic mass is 16.7. The molecule has 1 aliphatic carbocycles. The van der Waals surface area contributed by atoms with E-state index in [1.807, 2.05) is 0 Å². The van der Waals surface area contributed by atoms with Crippen LogP contribution in [0.1, 0.15) is 19.3 Å². The van der Waals surface area contributed by atoms with Crippen LogP contribution in [-0.2, 0) is 14.2 Å². The van der Waals surface area contributed by atoms with Crippen molar-refractivity contribution in [3.63, 3.8) is 0 Å². The highest BCUT2D eigenvalue weighted by Crippen LogP contribution is 2.37. The van der Waals surface area contributed by atoms with E-state index < -0.39 is 97.8 Å². The molecule has 0 aromatic heterocycles. The molecular weight excluding hydrogens is 560 g/mol. The highest BCUT2D eigenvalue weighted by molar-refractivity contribution is 5.73. The Morgan fingerprint density at radius 1 is 0.952 bits per heavy atom. The van der Waals surface area contributed by atoms with Crippen LogP contribution in [0.3, 0.4) is 0 Å². The highest BCUT2D eigenvalue weighted by Gasteiger charge is 2.54. The van der Waals surface area contributed by atoms with Gasteiger partial charge in [0.1, 0.15) is 24.4 Å². The molecule has 3 rings (SSSR count). The fraction of sp³-hybridized carbons (Fsp3) is 0.958. The number of nitrogens with two attached hydrogens (primary N) is 5. The molecule has 1 saturated carbocycles. The van der Waals surface area contributed by atoms with Crippen LogP contribution in [-0.4, -0.2) is 160 Å². The van der Waals surface area contributed by atoms with Crippen molar-refractivity contribution in [1.82, 2.24) is 15.7 Å². The predicted octanol–water partition coefficient (Wildman–Crippen LogP) is -6.64. The molecule has 2 heterocycles. The topological polar surface area (TPSA) is 324 Å². The molecule has 3 fully saturated rings. The van der Waals surface area contributed by atoms with Gasteiger partial charge in [-0.05, 0) is 32.4 Å². The van der Waals surface area contributed by atoms with Crippen molar-refractivity contribution >= 4 is 6.03 Å². The zero-order chi connectivity index (χ0) is 31.1. The van der Waals surface area contributed by atoms with E-state index >= 15 is 0 Å². The van der Waals surface area contributed by atoms with Crippen molar-refractivity contribution in [3.05, 3.63) is 0 Å². The Bertz CT molecular complexity index is 836. The maximum atomic E-state index is 12.7. The summed E-state index contributed by atoms with van der Waals surface area (Å²) in [5, 5.41) is 69.3. The lowest BCUT2D eigenvalue weighted by Crippen LogP contribution is -2.70. The van der Waals surface area contributed by atoms with E-state index in [4.69, 9.17) is 42.9 Å². The average molecular weight is 611 g/mol. The van der Waals surface area contributed by atoms with E-state index in [9.17, 15) is 35.5 Å². The van der Waals surface area contributed by atoms with Crippen LogP contribution >= 0.6 is 0 Å². The number of nitrogens with one attached hydrogen (secondary N) is 2. The molecule has 0 radical (unpaired) electrons. The monoisotopic (exact) mass is 610 g/mol. The lowest BCUT2D eigenvalue weighted by Gasteiger charge is -2.52. The molecular formula is C24H50N8O10. The van der Waals surface area contributed by atoms with Crippen LogP contribution in [0, 0.1) is 5.92 Å². The summed E-state index contributed by atoms with van der Waals surface area (Å²) < 4.78 is 17.8. The van der Waals surface area contributed by atoms with Crippen LogP contribution in [0.4, 0.5) is 4.79 Å². The molecule has 2 saturated heterocycles. The fourth-order valence-electron chi connectivity index (χ4n) is 5.98. The van der Waals surface area contributed by atoms with E-state index in [1.54, 1.807) is 0 Å². The zero-order valence-electron chi connectivity index (χ0n) is 23.6. The Labute approximate surface area is 244 Å². The third-order valence-electron chi connectivity index (χ3n) is 8.31. The van der Waals surface area contributed by atoms with Gasteiger partial charge in [0, 0.05) is 31.1 Å². The molecule has 0 spiro atoms. The van der Waals surface area contributed by atoms with Gasteiger partial charge in [-0.1, -0.05) is 0 Å². The lowest BCUT2D eigenvalue weighted by atomic mass is 9.71. The molecule has 14 atom stereocenters. The van der Waals surface area contributed by atoms with E-state index in [0.29, 0.717) is 24.6 Å². The van der Waals surface area contributed by atoms with E-state index in [1.165, 1.54) is 0 Å². The summed E-state index contributed by atoms with van der Waals surface area (Å²) in [4.78, 5) is 12.7. The van der Waals surface area contributed by atoms with E-state index in [-0.39, 0.29) is 32.5 Å². The molecule has 2 amide bonds. The number of hydrogen-bond acceptors (Lipinski definition) is 16. The van der Waals surface area contributed by atoms with Gasteiger partial charge in [0.05, 0.1) is 49.7 Å². The number of rotatable bonds is 12. The van der Waals surface area contributed by atoms with Crippen molar-refractivity contribution in [1.29, 1.82) is 0 Å². The Kier molecular flexibility index (Phi) is 13.5. The van der Waals surface area contributed by atoms with Crippen LogP contribution in [0.2, 0.25) is 0 Å². The molecule has 0 bridgehead atoms. The number of hydrogen-bond donors (Lipinski definition) is 13. The average Bonchev–Trinajstić information content (AvgIpc) is 2.96. The summed E-state index contributed by atoms with van der Waals surface area (Å²) in [6, 6.07) is -4.43. The second kappa shape index (κ2) is 16.1. The summed E-state index contributed by atoms with van der Waals surface area (Å²) in [5.41, 5.74) is 29.5. The van der Waals surface area contributed by atoms with Crippen molar-refractivity contribution in [2.75, 3.05) is 39.3 Å². The largest absolute Gasteiger partial charge is 0.394 e. The molecule has 3 aliphatic rings. The summed E-state index contributed by atoms with van der Waals surface area (Å²) in [5.74, 6) is -0.831. The molecule has 0 aromatic carbocycles. The first-order valence-corrected chi connectivity index (χ1v) is 14.4. The number of hydroxylamine groups is 2. The van der Waals surface area contributed by atoms with Gasteiger partial charge in [0.25, 0.3) is 0 Å². The Morgan fingerprint density at radius 3 is 2.29 bits per heavy atom. The van der Waals surface area contributed by atoms with Gasteiger partial charge in [-0.3, -0.25) is 5.21 Å². The number of ether oxygens (including phenoxy) is 3. The molecule has 14 unspecified atom stereocenters. The van der Waals surface area contributed by atoms with Gasteiger partial charge in [-0.25, -0.2) is 9.86 Å². The van der Waals surface area contributed by atoms with Crippen molar-refractivity contribution in [3.8, 4) is 0 Å². The minimum Gasteiger partial charge on any atom is -0.394 e. The zero-order valence-corrected chi connectivity index (χ0v) is 23.6. The lowest BCUT2D eigenvalue weighted by molar-refractivity contribution is -0.306. The summed E-state index contributed by atoms with van der Waals surface area (Å²) in [6.07, 6.45) is -9.86. The van der Waals surface area contributed by atoms with Gasteiger partial charge in [0.15, 0.2) is 6.29 Å². The van der Waals surface area contributed by atoms with Crippen LogP contribution in [0.25, 0.3) is 0 Å². The second-order valence-corrected chi connectivity index (χ2v) is 11.2. The number of amides is 2. The minimum atomic E-state index is -1.57. The standard InChI is InChI=1S/C24H50N8O10/c25-2-1-4-30-11-7-13(34)14(8-27)40-21(11)16-10(28)6-12(31-24(38)32(39)5-3-26)22(19(16)36)42-23-20(37)17(29)18(35)15(9-33)41-23/h10-23,30,33-37,39H,1-9,25-29H2,(H,31,38). The summed E-state index contributed by atoms with van der Waals surface area (Å²) in [7, 11) is 0. The first kappa shape index (κ1) is 35.2. The van der Waals surface area contributed by atoms with Crippen molar-refractivity contribution in [2.45, 2.75) is 98.6 Å². The summed E-state index contributed by atoms with van der Waals surface area (Å²) >= 11 is 0. The van der Waals surface area contributed by atoms with Gasteiger partial charge in [-0.15, -0.1) is 0 Å². The van der Waals surface area contributed by atoms with Crippen LogP contribution in [0.5, 0.6) is 0 Å². The maximum Gasteiger partial charge on any atom is 0.341 e. The first-order chi connectivity index (χ1) is 20.0. The Morgan fingerprint density at radius 2 is 1.67 bits per heavy atom. The molecule has 0 aromatic rings. The molecule has 18 N–H and O–H groups in total. The third kappa shape index (κ3) is 8.03. The first-order valence-electron chi connectivity index (χ1n) is 14.4. The molecule has 18 heteroatoms. The fourth-order valence-corrected chi connectivity index (χ4v) is 5.98. The SMILES string of the molecule is NCCCNC1CC(O)C(CN)OC1C1C(N)CC(NC(=O)N(O)CCN)C(OC2OC(CO)C(O)C(N)C2O)C1O. The van der Waals surface area contributed by atoms with Crippen molar-refractivity contribution < 1.29 is 49.7 Å². The van der Waals surface area contributed by atoms with E-state index in [0.717, 1.165) is 0 Å². The number of aliphatic hydroxyl groups is 5. The van der Waals surface area contributed by atoms with Crippen LogP contribution < -0.4 is 39.3 Å². The second-order valence-electron chi connectivity index (χ2n) is 11.2. The predicted molar refractivity (Wildman–Crippen MR) is 146 cm³/mol. The molecule has 2 aliphatic heterocycles. The number of nitrogens with zero attached hydrogens (tertiary/aromatic N) is 1.